The molecule has 0 radical (unpaired) electrons. The van der Waals surface area contributed by atoms with Gasteiger partial charge in [-0.2, -0.15) is 0 Å². The minimum atomic E-state index is -0.717. The Bertz CT molecular complexity index is 1410. The molecule has 0 bridgehead atoms. The van der Waals surface area contributed by atoms with E-state index >= 15 is 0 Å². The lowest BCUT2D eigenvalue weighted by Gasteiger charge is -2.40. The highest BCUT2D eigenvalue weighted by molar-refractivity contribution is 5.98. The molecule has 1 N–H and O–H groups in total. The molecule has 1 aliphatic carbocycles. The molecule has 9 heteroatoms. The molecule has 2 aliphatic heterocycles. The molecule has 9 nitrogen and oxygen atoms in total. The van der Waals surface area contributed by atoms with E-state index in [0.717, 1.165) is 42.2 Å². The van der Waals surface area contributed by atoms with Gasteiger partial charge in [-0.3, -0.25) is 9.78 Å². The first-order chi connectivity index (χ1) is 18.1. The number of rotatable bonds is 7. The molecule has 1 aromatic carbocycles. The molecule has 1 atom stereocenters. The van der Waals surface area contributed by atoms with Gasteiger partial charge >= 0.3 is 0 Å². The molecule has 1 amide bonds. The number of carbonyl (C=O) groups is 1. The number of benzene rings is 1. The molecule has 4 heterocycles. The smallest absolute Gasteiger partial charge is 0.254 e. The van der Waals surface area contributed by atoms with Gasteiger partial charge < -0.3 is 29.2 Å². The average molecular weight is 517 g/mol. The first kappa shape index (κ1) is 24.7. The van der Waals surface area contributed by atoms with Crippen LogP contribution in [-0.2, 0) is 18.5 Å². The fraction of sp³-hybridized carbons (Fsp3) is 0.483. The highest BCUT2D eigenvalue weighted by Gasteiger charge is 2.53. The van der Waals surface area contributed by atoms with Crippen molar-refractivity contribution in [3.63, 3.8) is 0 Å². The molecule has 3 aromatic rings. The Morgan fingerprint density at radius 2 is 1.89 bits per heavy atom. The summed E-state index contributed by atoms with van der Waals surface area (Å²) in [5.74, 6) is 1.46. The van der Waals surface area contributed by atoms with Crippen molar-refractivity contribution in [3.05, 3.63) is 64.7 Å². The number of ether oxygens (including phenoxy) is 2. The second-order valence-electron chi connectivity index (χ2n) is 11.6. The number of imidazole rings is 1. The predicted octanol–water partition coefficient (Wildman–Crippen LogP) is 4.19. The van der Waals surface area contributed by atoms with Gasteiger partial charge in [0, 0.05) is 63.4 Å². The van der Waals surface area contributed by atoms with Crippen molar-refractivity contribution in [2.45, 2.75) is 63.9 Å². The fourth-order valence-electron chi connectivity index (χ4n) is 6.02. The number of nitrogens with zero attached hydrogens (tertiary/aromatic N) is 5. The van der Waals surface area contributed by atoms with Gasteiger partial charge in [0.05, 0.1) is 24.5 Å². The van der Waals surface area contributed by atoms with E-state index < -0.39 is 5.79 Å². The van der Waals surface area contributed by atoms with Gasteiger partial charge in [0.25, 0.3) is 5.91 Å². The van der Waals surface area contributed by atoms with E-state index in [9.17, 15) is 4.79 Å². The number of hydrogen-bond acceptors (Lipinski definition) is 7. The van der Waals surface area contributed by atoms with E-state index in [1.54, 1.807) is 12.4 Å². The van der Waals surface area contributed by atoms with Crippen LogP contribution in [0.15, 0.2) is 36.8 Å². The van der Waals surface area contributed by atoms with E-state index in [0.29, 0.717) is 24.6 Å². The van der Waals surface area contributed by atoms with Crippen molar-refractivity contribution >= 4 is 11.9 Å². The minimum absolute atomic E-state index is 0.00481. The zero-order valence-electron chi connectivity index (χ0n) is 23.0. The summed E-state index contributed by atoms with van der Waals surface area (Å²) in [7, 11) is 6.03. The molecule has 1 fully saturated rings. The van der Waals surface area contributed by atoms with Gasteiger partial charge in [0.2, 0.25) is 11.7 Å². The number of amides is 1. The Balaban J connectivity index is 1.38. The second kappa shape index (κ2) is 8.73. The number of anilines is 1. The molecule has 38 heavy (non-hydrogen) atoms. The third-order valence-electron chi connectivity index (χ3n) is 7.87. The zero-order chi connectivity index (χ0) is 26.8. The van der Waals surface area contributed by atoms with E-state index in [1.807, 2.05) is 38.1 Å². The van der Waals surface area contributed by atoms with Crippen molar-refractivity contribution in [2.75, 3.05) is 33.0 Å². The van der Waals surface area contributed by atoms with Crippen LogP contribution in [0.3, 0.4) is 0 Å². The Labute approximate surface area is 223 Å². The standard InChI is InChI=1S/C29H36N6O3/c1-18(22-13-23-24(14-32-22)38-28(2,3)37-23)35-17-29(7-8-29)25-20(16-33(5)6)11-19(12-21(25)26(35)36)15-34-10-9-31-27(34)30-4/h9-14,18H,7-8,15-17H2,1-6H3,(H,30,31). The highest BCUT2D eigenvalue weighted by atomic mass is 16.7. The topological polar surface area (TPSA) is 84.8 Å². The van der Waals surface area contributed by atoms with E-state index in [4.69, 9.17) is 9.47 Å². The summed E-state index contributed by atoms with van der Waals surface area (Å²) in [5, 5.41) is 3.14. The van der Waals surface area contributed by atoms with Crippen LogP contribution in [0.1, 0.15) is 72.4 Å². The quantitative estimate of drug-likeness (QED) is 0.504. The second-order valence-corrected chi connectivity index (χ2v) is 11.6. The molecule has 0 saturated heterocycles. The summed E-state index contributed by atoms with van der Waals surface area (Å²) in [6, 6.07) is 6.11. The van der Waals surface area contributed by atoms with Crippen LogP contribution in [0, 0.1) is 0 Å². The molecule has 1 saturated carbocycles. The maximum absolute atomic E-state index is 14.2. The van der Waals surface area contributed by atoms with Crippen molar-refractivity contribution in [3.8, 4) is 11.5 Å². The summed E-state index contributed by atoms with van der Waals surface area (Å²) >= 11 is 0. The van der Waals surface area contributed by atoms with Crippen LogP contribution in [0.5, 0.6) is 11.5 Å². The number of hydrogen-bond donors (Lipinski definition) is 1. The summed E-state index contributed by atoms with van der Waals surface area (Å²) in [4.78, 5) is 27.4. The van der Waals surface area contributed by atoms with Crippen molar-refractivity contribution in [1.82, 2.24) is 24.3 Å². The molecular formula is C29H36N6O3. The third-order valence-corrected chi connectivity index (χ3v) is 7.87. The summed E-state index contributed by atoms with van der Waals surface area (Å²) in [6.07, 6.45) is 7.64. The Morgan fingerprint density at radius 1 is 1.13 bits per heavy atom. The number of fused-ring (bicyclic) bond motifs is 3. The van der Waals surface area contributed by atoms with Crippen LogP contribution >= 0.6 is 0 Å². The van der Waals surface area contributed by atoms with Gasteiger partial charge in [0.1, 0.15) is 0 Å². The van der Waals surface area contributed by atoms with E-state index in [2.05, 4.69) is 57.9 Å². The van der Waals surface area contributed by atoms with E-state index in [1.165, 1.54) is 11.1 Å². The monoisotopic (exact) mass is 516 g/mol. The number of carbonyl (C=O) groups excluding carboxylic acids is 1. The van der Waals surface area contributed by atoms with Crippen LogP contribution in [0.4, 0.5) is 5.95 Å². The lowest BCUT2D eigenvalue weighted by atomic mass is 9.81. The Kier molecular flexibility index (Phi) is 5.68. The molecule has 6 rings (SSSR count). The molecule has 2 aromatic heterocycles. The van der Waals surface area contributed by atoms with Crippen LogP contribution in [-0.4, -0.2) is 63.7 Å². The van der Waals surface area contributed by atoms with Gasteiger partial charge in [-0.1, -0.05) is 6.07 Å². The maximum Gasteiger partial charge on any atom is 0.254 e. The summed E-state index contributed by atoms with van der Waals surface area (Å²) in [6.45, 7) is 7.95. The van der Waals surface area contributed by atoms with Gasteiger partial charge in [-0.05, 0) is 56.6 Å². The zero-order valence-corrected chi connectivity index (χ0v) is 23.0. The van der Waals surface area contributed by atoms with Crippen LogP contribution < -0.4 is 14.8 Å². The number of aromatic nitrogens is 3. The van der Waals surface area contributed by atoms with Crippen molar-refractivity contribution in [1.29, 1.82) is 0 Å². The highest BCUT2D eigenvalue weighted by Crippen LogP contribution is 2.55. The first-order valence-corrected chi connectivity index (χ1v) is 13.3. The van der Waals surface area contributed by atoms with Crippen LogP contribution in [0.2, 0.25) is 0 Å². The number of pyridine rings is 1. The van der Waals surface area contributed by atoms with E-state index in [-0.39, 0.29) is 17.4 Å². The van der Waals surface area contributed by atoms with Crippen LogP contribution in [0.25, 0.3) is 0 Å². The van der Waals surface area contributed by atoms with Crippen molar-refractivity contribution < 1.29 is 14.3 Å². The molecule has 3 aliphatic rings. The van der Waals surface area contributed by atoms with Gasteiger partial charge in [-0.15, -0.1) is 0 Å². The van der Waals surface area contributed by atoms with Gasteiger partial charge in [0.15, 0.2) is 11.5 Å². The first-order valence-electron chi connectivity index (χ1n) is 13.3. The lowest BCUT2D eigenvalue weighted by molar-refractivity contribution is -0.0432. The maximum atomic E-state index is 14.2. The van der Waals surface area contributed by atoms with Crippen molar-refractivity contribution in [2.24, 2.45) is 0 Å². The fourth-order valence-corrected chi connectivity index (χ4v) is 6.02. The SMILES string of the molecule is CNc1nccn1Cc1cc(CN(C)C)c2c(c1)C(=O)N(C(C)c1cc3c(cn1)OC(C)(C)O3)CC21CC1. The molecule has 1 spiro atoms. The molecular weight excluding hydrogens is 480 g/mol. The third kappa shape index (κ3) is 4.18. The Hall–Kier alpha value is -3.59. The molecule has 1 unspecified atom stereocenters. The largest absolute Gasteiger partial charge is 0.449 e. The predicted molar refractivity (Wildman–Crippen MR) is 145 cm³/mol. The normalized spacial score (nSPS) is 19.1. The Morgan fingerprint density at radius 3 is 2.61 bits per heavy atom. The summed E-state index contributed by atoms with van der Waals surface area (Å²) < 4.78 is 13.9. The average Bonchev–Trinajstić information content (AvgIpc) is 3.34. The van der Waals surface area contributed by atoms with Gasteiger partial charge in [-0.25, -0.2) is 4.98 Å². The molecule has 200 valence electrons. The number of nitrogens with one attached hydrogen (secondary N) is 1. The minimum Gasteiger partial charge on any atom is -0.449 e. The lowest BCUT2D eigenvalue weighted by Crippen LogP contribution is -2.45. The summed E-state index contributed by atoms with van der Waals surface area (Å²) in [5.41, 5.74) is 5.21.